The van der Waals surface area contributed by atoms with Crippen LogP contribution in [-0.4, -0.2) is 6.54 Å². The minimum absolute atomic E-state index is 0.589. The molecule has 0 saturated carbocycles. The van der Waals surface area contributed by atoms with Gasteiger partial charge in [-0.15, -0.1) is 0 Å². The van der Waals surface area contributed by atoms with E-state index in [1.165, 1.54) is 16.5 Å². The van der Waals surface area contributed by atoms with Gasteiger partial charge in [-0.2, -0.15) is 0 Å². The van der Waals surface area contributed by atoms with Crippen molar-refractivity contribution < 1.29 is 4.57 Å². The SMILES string of the molecule is C[n+]1cc(C2CN2)cc2ccccc21. The molecule has 2 heteroatoms. The molecule has 0 bridgehead atoms. The molecule has 1 aromatic carbocycles. The predicted molar refractivity (Wildman–Crippen MR) is 55.9 cm³/mol. The Morgan fingerprint density at radius 1 is 1.36 bits per heavy atom. The maximum Gasteiger partial charge on any atom is 0.212 e. The van der Waals surface area contributed by atoms with Crippen molar-refractivity contribution in [3.8, 4) is 0 Å². The number of rotatable bonds is 1. The molecule has 2 nitrogen and oxygen atoms in total. The molecule has 1 aliphatic heterocycles. The number of nitrogens with one attached hydrogen (secondary N) is 1. The minimum atomic E-state index is 0.589. The third kappa shape index (κ3) is 1.19. The summed E-state index contributed by atoms with van der Waals surface area (Å²) in [6.45, 7) is 1.12. The molecule has 1 aliphatic rings. The molecule has 70 valence electrons. The summed E-state index contributed by atoms with van der Waals surface area (Å²) < 4.78 is 2.20. The zero-order valence-electron chi connectivity index (χ0n) is 8.20. The van der Waals surface area contributed by atoms with E-state index in [4.69, 9.17) is 0 Å². The Bertz CT molecular complexity index is 487. The molecule has 1 N–H and O–H groups in total. The number of fused-ring (bicyclic) bond motifs is 1. The van der Waals surface area contributed by atoms with Crippen LogP contribution in [0.1, 0.15) is 11.6 Å². The molecule has 1 fully saturated rings. The van der Waals surface area contributed by atoms with Gasteiger partial charge in [0.1, 0.15) is 7.05 Å². The van der Waals surface area contributed by atoms with Gasteiger partial charge in [0, 0.05) is 23.6 Å². The van der Waals surface area contributed by atoms with Crippen molar-refractivity contribution in [2.75, 3.05) is 6.54 Å². The molecular weight excluding hydrogens is 172 g/mol. The van der Waals surface area contributed by atoms with Crippen LogP contribution in [0.5, 0.6) is 0 Å². The Balaban J connectivity index is 2.27. The van der Waals surface area contributed by atoms with Crippen molar-refractivity contribution >= 4 is 10.9 Å². The Morgan fingerprint density at radius 2 is 2.14 bits per heavy atom. The second kappa shape index (κ2) is 2.79. The third-order valence-electron chi connectivity index (χ3n) is 2.79. The summed E-state index contributed by atoms with van der Waals surface area (Å²) in [5.74, 6) is 0. The van der Waals surface area contributed by atoms with Gasteiger partial charge >= 0.3 is 0 Å². The van der Waals surface area contributed by atoms with Gasteiger partial charge in [0.05, 0.1) is 6.04 Å². The van der Waals surface area contributed by atoms with E-state index < -0.39 is 0 Å². The van der Waals surface area contributed by atoms with Crippen molar-refractivity contribution in [3.05, 3.63) is 42.1 Å². The largest absolute Gasteiger partial charge is 0.307 e. The van der Waals surface area contributed by atoms with Gasteiger partial charge in [0.2, 0.25) is 5.52 Å². The Labute approximate surface area is 83.2 Å². The van der Waals surface area contributed by atoms with Crippen LogP contribution in [0.2, 0.25) is 0 Å². The quantitative estimate of drug-likeness (QED) is 0.526. The standard InChI is InChI=1S/C12H13N2/c1-14-8-10(11-7-13-11)6-9-4-2-3-5-12(9)14/h2-6,8,11,13H,7H2,1H3/q+1. The van der Waals surface area contributed by atoms with Crippen molar-refractivity contribution in [2.45, 2.75) is 6.04 Å². The Hall–Kier alpha value is -1.41. The van der Waals surface area contributed by atoms with Crippen molar-refractivity contribution in [1.29, 1.82) is 0 Å². The first-order chi connectivity index (χ1) is 6.84. The lowest BCUT2D eigenvalue weighted by Gasteiger charge is -1.99. The average molecular weight is 185 g/mol. The summed E-state index contributed by atoms with van der Waals surface area (Å²) >= 11 is 0. The van der Waals surface area contributed by atoms with Crippen LogP contribution in [0.15, 0.2) is 36.5 Å². The third-order valence-corrected chi connectivity index (χ3v) is 2.79. The zero-order valence-corrected chi connectivity index (χ0v) is 8.20. The van der Waals surface area contributed by atoms with Gasteiger partial charge in [0.25, 0.3) is 0 Å². The van der Waals surface area contributed by atoms with Crippen molar-refractivity contribution in [3.63, 3.8) is 0 Å². The highest BCUT2D eigenvalue weighted by atomic mass is 15.1. The maximum absolute atomic E-state index is 3.33. The normalized spacial score (nSPS) is 19.9. The number of benzene rings is 1. The van der Waals surface area contributed by atoms with Gasteiger partial charge in [-0.3, -0.25) is 0 Å². The van der Waals surface area contributed by atoms with Crippen LogP contribution in [0.3, 0.4) is 0 Å². The molecule has 1 atom stereocenters. The summed E-state index contributed by atoms with van der Waals surface area (Å²) in [5, 5.41) is 4.65. The van der Waals surface area contributed by atoms with E-state index in [9.17, 15) is 0 Å². The zero-order chi connectivity index (χ0) is 9.54. The second-order valence-electron chi connectivity index (χ2n) is 3.90. The van der Waals surface area contributed by atoms with Gasteiger partial charge in [-0.25, -0.2) is 4.57 Å². The highest BCUT2D eigenvalue weighted by Crippen LogP contribution is 2.22. The first-order valence-corrected chi connectivity index (χ1v) is 4.96. The van der Waals surface area contributed by atoms with Crippen LogP contribution in [0, 0.1) is 0 Å². The molecule has 0 radical (unpaired) electrons. The second-order valence-corrected chi connectivity index (χ2v) is 3.90. The number of para-hydroxylation sites is 1. The number of aromatic nitrogens is 1. The monoisotopic (exact) mass is 185 g/mol. The number of hydrogen-bond donors (Lipinski definition) is 1. The fourth-order valence-corrected chi connectivity index (χ4v) is 1.93. The van der Waals surface area contributed by atoms with Gasteiger partial charge in [-0.05, 0) is 12.1 Å². The Morgan fingerprint density at radius 3 is 2.93 bits per heavy atom. The van der Waals surface area contributed by atoms with E-state index in [2.05, 4.69) is 53.5 Å². The molecule has 2 aromatic rings. The number of aryl methyl sites for hydroxylation is 1. The van der Waals surface area contributed by atoms with E-state index in [1.807, 2.05) is 0 Å². The molecule has 0 spiro atoms. The summed E-state index contributed by atoms with van der Waals surface area (Å²) in [4.78, 5) is 0. The molecular formula is C12H13N2+. The highest BCUT2D eigenvalue weighted by Gasteiger charge is 2.25. The molecule has 0 aliphatic carbocycles. The van der Waals surface area contributed by atoms with E-state index >= 15 is 0 Å². The van der Waals surface area contributed by atoms with E-state index in [-0.39, 0.29) is 0 Å². The number of pyridine rings is 1. The number of hydrogen-bond acceptors (Lipinski definition) is 1. The summed E-state index contributed by atoms with van der Waals surface area (Å²) in [7, 11) is 2.11. The molecule has 14 heavy (non-hydrogen) atoms. The first kappa shape index (κ1) is 7.94. The van der Waals surface area contributed by atoms with Crippen LogP contribution < -0.4 is 9.88 Å². The summed E-state index contributed by atoms with van der Waals surface area (Å²) in [6, 6.07) is 11.4. The van der Waals surface area contributed by atoms with Gasteiger partial charge < -0.3 is 5.32 Å². The maximum atomic E-state index is 3.33. The van der Waals surface area contributed by atoms with Crippen molar-refractivity contribution in [2.24, 2.45) is 7.05 Å². The van der Waals surface area contributed by atoms with Crippen LogP contribution in [0.25, 0.3) is 10.9 Å². The lowest BCUT2D eigenvalue weighted by molar-refractivity contribution is -0.645. The molecule has 0 amide bonds. The lowest BCUT2D eigenvalue weighted by Crippen LogP contribution is -2.29. The molecule has 1 saturated heterocycles. The van der Waals surface area contributed by atoms with Crippen LogP contribution >= 0.6 is 0 Å². The summed E-state index contributed by atoms with van der Waals surface area (Å²) in [6.07, 6.45) is 2.22. The van der Waals surface area contributed by atoms with Crippen LogP contribution in [-0.2, 0) is 7.05 Å². The topological polar surface area (TPSA) is 25.8 Å². The van der Waals surface area contributed by atoms with Gasteiger partial charge in [0.15, 0.2) is 6.20 Å². The summed E-state index contributed by atoms with van der Waals surface area (Å²) in [5.41, 5.74) is 2.68. The number of nitrogens with zero attached hydrogens (tertiary/aromatic N) is 1. The van der Waals surface area contributed by atoms with Crippen molar-refractivity contribution in [1.82, 2.24) is 5.32 Å². The molecule has 1 unspecified atom stereocenters. The van der Waals surface area contributed by atoms with Gasteiger partial charge in [-0.1, -0.05) is 12.1 Å². The highest BCUT2D eigenvalue weighted by molar-refractivity contribution is 5.76. The smallest absolute Gasteiger partial charge is 0.212 e. The Kier molecular flexibility index (Phi) is 1.58. The van der Waals surface area contributed by atoms with E-state index in [0.717, 1.165) is 6.54 Å². The molecule has 3 rings (SSSR count). The first-order valence-electron chi connectivity index (χ1n) is 4.96. The fourth-order valence-electron chi connectivity index (χ4n) is 1.93. The van der Waals surface area contributed by atoms with Crippen LogP contribution in [0.4, 0.5) is 0 Å². The molecule has 1 aromatic heterocycles. The fraction of sp³-hybridized carbons (Fsp3) is 0.250. The minimum Gasteiger partial charge on any atom is -0.307 e. The lowest BCUT2D eigenvalue weighted by atomic mass is 10.1. The average Bonchev–Trinajstić information content (AvgIpc) is 3.01. The van der Waals surface area contributed by atoms with E-state index in [0.29, 0.717) is 6.04 Å². The predicted octanol–water partition coefficient (Wildman–Crippen LogP) is 1.31. The van der Waals surface area contributed by atoms with E-state index in [1.54, 1.807) is 0 Å². The molecule has 2 heterocycles.